The monoisotopic (exact) mass is 286 g/mol. The number of nitrogens with zero attached hydrogens (tertiary/aromatic N) is 2. The van der Waals surface area contributed by atoms with E-state index in [1.165, 1.54) is 29.6 Å². The predicted molar refractivity (Wildman–Crippen MR) is 79.8 cm³/mol. The summed E-state index contributed by atoms with van der Waals surface area (Å²) in [4.78, 5) is 23.1. The topological polar surface area (TPSA) is 61.2 Å². The van der Waals surface area contributed by atoms with E-state index in [-0.39, 0.29) is 5.69 Å². The Labute approximate surface area is 123 Å². The Balaban J connectivity index is 2.29. The summed E-state index contributed by atoms with van der Waals surface area (Å²) in [7, 11) is 1.23. The molecular weight excluding hydrogens is 268 g/mol. The van der Waals surface area contributed by atoms with Gasteiger partial charge in [-0.15, -0.1) is 0 Å². The number of aromatic nitrogens is 2. The van der Waals surface area contributed by atoms with Crippen molar-refractivity contribution in [3.63, 3.8) is 0 Å². The van der Waals surface area contributed by atoms with Gasteiger partial charge in [0.15, 0.2) is 0 Å². The van der Waals surface area contributed by atoms with Crippen LogP contribution in [0, 0.1) is 0 Å². The number of methoxy groups -OCH3 is 1. The van der Waals surface area contributed by atoms with Crippen LogP contribution in [-0.4, -0.2) is 22.9 Å². The summed E-state index contributed by atoms with van der Waals surface area (Å²) in [6.07, 6.45) is 4.89. The maximum absolute atomic E-state index is 11.6. The zero-order chi connectivity index (χ0) is 15.2. The van der Waals surface area contributed by atoms with Crippen molar-refractivity contribution in [1.29, 1.82) is 0 Å². The van der Waals surface area contributed by atoms with Crippen molar-refractivity contribution in [2.75, 3.05) is 7.11 Å². The lowest BCUT2D eigenvalue weighted by molar-refractivity contribution is 0.0590. The fraction of sp³-hybridized carbons (Fsp3) is 0.312. The van der Waals surface area contributed by atoms with Crippen LogP contribution in [0.4, 0.5) is 0 Å². The number of unbranched alkanes of at least 4 members (excludes halogenated alkanes) is 1. The van der Waals surface area contributed by atoms with Gasteiger partial charge in [-0.25, -0.2) is 9.48 Å². The van der Waals surface area contributed by atoms with Gasteiger partial charge in [0.1, 0.15) is 0 Å². The molecule has 21 heavy (non-hydrogen) atoms. The summed E-state index contributed by atoms with van der Waals surface area (Å²) in [5.74, 6) is -0.728. The van der Waals surface area contributed by atoms with Crippen molar-refractivity contribution < 1.29 is 9.53 Å². The van der Waals surface area contributed by atoms with E-state index in [1.54, 1.807) is 0 Å². The van der Waals surface area contributed by atoms with Gasteiger partial charge in [-0.1, -0.05) is 25.5 Å². The SMILES string of the molecule is CCCCc1ccc(-n2ccc(=O)c(C(=O)OC)n2)cc1. The first-order chi connectivity index (χ1) is 10.2. The minimum atomic E-state index is -0.728. The lowest BCUT2D eigenvalue weighted by atomic mass is 10.1. The van der Waals surface area contributed by atoms with Crippen molar-refractivity contribution in [2.45, 2.75) is 26.2 Å². The van der Waals surface area contributed by atoms with Crippen LogP contribution >= 0.6 is 0 Å². The smallest absolute Gasteiger partial charge is 0.362 e. The first-order valence-electron chi connectivity index (χ1n) is 6.93. The number of carbonyl (C=O) groups is 1. The summed E-state index contributed by atoms with van der Waals surface area (Å²) < 4.78 is 6.05. The van der Waals surface area contributed by atoms with Gasteiger partial charge in [0.25, 0.3) is 0 Å². The third kappa shape index (κ3) is 3.56. The zero-order valence-corrected chi connectivity index (χ0v) is 12.2. The van der Waals surface area contributed by atoms with E-state index in [0.29, 0.717) is 0 Å². The lowest BCUT2D eigenvalue weighted by Crippen LogP contribution is -2.21. The van der Waals surface area contributed by atoms with Crippen LogP contribution < -0.4 is 5.43 Å². The van der Waals surface area contributed by atoms with Crippen molar-refractivity contribution in [3.8, 4) is 5.69 Å². The molecule has 1 aromatic heterocycles. The molecule has 5 heteroatoms. The fourth-order valence-corrected chi connectivity index (χ4v) is 1.99. The lowest BCUT2D eigenvalue weighted by Gasteiger charge is -2.07. The number of rotatable bonds is 5. The van der Waals surface area contributed by atoms with Crippen LogP contribution in [0.1, 0.15) is 35.8 Å². The predicted octanol–water partition coefficient (Wildman–Crippen LogP) is 2.36. The van der Waals surface area contributed by atoms with Crippen LogP contribution in [0.3, 0.4) is 0 Å². The number of benzene rings is 1. The third-order valence-corrected chi connectivity index (χ3v) is 3.21. The molecule has 0 aliphatic heterocycles. The molecule has 0 aliphatic rings. The second-order valence-electron chi connectivity index (χ2n) is 4.73. The third-order valence-electron chi connectivity index (χ3n) is 3.21. The van der Waals surface area contributed by atoms with Crippen molar-refractivity contribution >= 4 is 5.97 Å². The molecule has 0 N–H and O–H groups in total. The first kappa shape index (κ1) is 15.0. The molecule has 0 saturated carbocycles. The summed E-state index contributed by atoms with van der Waals surface area (Å²) in [5.41, 5.74) is 1.39. The average molecular weight is 286 g/mol. The van der Waals surface area contributed by atoms with Crippen molar-refractivity contribution in [3.05, 3.63) is 58.0 Å². The van der Waals surface area contributed by atoms with Crippen LogP contribution in [0.2, 0.25) is 0 Å². The van der Waals surface area contributed by atoms with E-state index in [2.05, 4.69) is 16.8 Å². The summed E-state index contributed by atoms with van der Waals surface area (Å²) in [5, 5.41) is 4.03. The van der Waals surface area contributed by atoms with Crippen LogP contribution in [0.5, 0.6) is 0 Å². The number of hydrogen-bond donors (Lipinski definition) is 0. The van der Waals surface area contributed by atoms with Gasteiger partial charge in [0.05, 0.1) is 12.8 Å². The molecule has 0 saturated heterocycles. The van der Waals surface area contributed by atoms with Crippen LogP contribution in [0.25, 0.3) is 5.69 Å². The Morgan fingerprint density at radius 3 is 2.57 bits per heavy atom. The Hall–Kier alpha value is -2.43. The second-order valence-corrected chi connectivity index (χ2v) is 4.73. The highest BCUT2D eigenvalue weighted by atomic mass is 16.5. The molecule has 0 bridgehead atoms. The first-order valence-corrected chi connectivity index (χ1v) is 6.93. The van der Waals surface area contributed by atoms with Crippen LogP contribution in [-0.2, 0) is 11.2 Å². The van der Waals surface area contributed by atoms with Crippen LogP contribution in [0.15, 0.2) is 41.3 Å². The standard InChI is InChI=1S/C16H18N2O3/c1-3-4-5-12-6-8-13(9-7-12)18-11-10-14(19)15(17-18)16(20)21-2/h6-11H,3-5H2,1-2H3. The number of hydrogen-bond acceptors (Lipinski definition) is 4. The minimum absolute atomic E-state index is 0.213. The summed E-state index contributed by atoms with van der Waals surface area (Å²) in [6, 6.07) is 9.21. The number of carbonyl (C=O) groups excluding carboxylic acids is 1. The van der Waals surface area contributed by atoms with E-state index >= 15 is 0 Å². The number of ether oxygens (including phenoxy) is 1. The number of esters is 1. The van der Waals surface area contributed by atoms with Gasteiger partial charge in [-0.2, -0.15) is 5.10 Å². The van der Waals surface area contributed by atoms with E-state index in [1.807, 2.05) is 24.3 Å². The molecule has 0 aliphatic carbocycles. The highest BCUT2D eigenvalue weighted by Crippen LogP contribution is 2.10. The van der Waals surface area contributed by atoms with Gasteiger partial charge >= 0.3 is 5.97 Å². The normalized spacial score (nSPS) is 10.4. The summed E-state index contributed by atoms with van der Waals surface area (Å²) >= 11 is 0. The maximum Gasteiger partial charge on any atom is 0.362 e. The van der Waals surface area contributed by atoms with Gasteiger partial charge in [0, 0.05) is 12.3 Å². The quantitative estimate of drug-likeness (QED) is 0.792. The van der Waals surface area contributed by atoms with Gasteiger partial charge < -0.3 is 4.74 Å². The van der Waals surface area contributed by atoms with Crippen molar-refractivity contribution in [1.82, 2.24) is 9.78 Å². The maximum atomic E-state index is 11.6. The largest absolute Gasteiger partial charge is 0.464 e. The molecule has 1 heterocycles. The molecule has 2 aromatic rings. The van der Waals surface area contributed by atoms with E-state index in [0.717, 1.165) is 24.9 Å². The fourth-order valence-electron chi connectivity index (χ4n) is 1.99. The Kier molecular flexibility index (Phi) is 4.87. The molecule has 0 unspecified atom stereocenters. The average Bonchev–Trinajstić information content (AvgIpc) is 2.53. The molecule has 110 valence electrons. The summed E-state index contributed by atoms with van der Waals surface area (Å²) in [6.45, 7) is 2.16. The van der Waals surface area contributed by atoms with Gasteiger partial charge in [0.2, 0.25) is 11.1 Å². The Bertz CT molecular complexity index is 675. The molecule has 5 nitrogen and oxygen atoms in total. The molecule has 0 atom stereocenters. The van der Waals surface area contributed by atoms with Gasteiger partial charge in [-0.3, -0.25) is 4.79 Å². The molecule has 0 amide bonds. The number of aryl methyl sites for hydroxylation is 1. The zero-order valence-electron chi connectivity index (χ0n) is 12.2. The molecule has 0 spiro atoms. The minimum Gasteiger partial charge on any atom is -0.464 e. The molecule has 2 rings (SSSR count). The van der Waals surface area contributed by atoms with E-state index < -0.39 is 11.4 Å². The Morgan fingerprint density at radius 2 is 1.95 bits per heavy atom. The molecule has 0 fully saturated rings. The highest BCUT2D eigenvalue weighted by Gasteiger charge is 2.13. The second kappa shape index (κ2) is 6.83. The van der Waals surface area contributed by atoms with Gasteiger partial charge in [-0.05, 0) is 30.5 Å². The highest BCUT2D eigenvalue weighted by molar-refractivity contribution is 5.86. The van der Waals surface area contributed by atoms with E-state index in [9.17, 15) is 9.59 Å². The van der Waals surface area contributed by atoms with E-state index in [4.69, 9.17) is 0 Å². The molecular formula is C16H18N2O3. The molecule has 1 aromatic carbocycles. The molecule has 0 radical (unpaired) electrons. The Morgan fingerprint density at radius 1 is 1.24 bits per heavy atom. The van der Waals surface area contributed by atoms with Crippen molar-refractivity contribution in [2.24, 2.45) is 0 Å².